The third-order valence-corrected chi connectivity index (χ3v) is 7.13. The summed E-state index contributed by atoms with van der Waals surface area (Å²) < 4.78 is 28.2. The number of benzene rings is 1. The monoisotopic (exact) mass is 382 g/mol. The van der Waals surface area contributed by atoms with E-state index in [-0.39, 0.29) is 21.8 Å². The quantitative estimate of drug-likeness (QED) is 0.846. The largest absolute Gasteiger partial charge is 0.289 e. The van der Waals surface area contributed by atoms with Crippen LogP contribution in [0.3, 0.4) is 0 Å². The molecule has 2 amide bonds. The van der Waals surface area contributed by atoms with Crippen LogP contribution in [0.1, 0.15) is 38.2 Å². The smallest absolute Gasteiger partial charge is 0.273 e. The maximum absolute atomic E-state index is 12.7. The van der Waals surface area contributed by atoms with Crippen LogP contribution in [0.25, 0.3) is 0 Å². The van der Waals surface area contributed by atoms with Gasteiger partial charge in [-0.15, -0.1) is 0 Å². The van der Waals surface area contributed by atoms with Gasteiger partial charge < -0.3 is 0 Å². The number of hydrogen-bond donors (Lipinski definition) is 1. The molecule has 0 bridgehead atoms. The predicted molar refractivity (Wildman–Crippen MR) is 96.9 cm³/mol. The van der Waals surface area contributed by atoms with Crippen LogP contribution >= 0.6 is 11.8 Å². The second-order valence-electron chi connectivity index (χ2n) is 6.40. The van der Waals surface area contributed by atoms with Crippen LogP contribution in [0.2, 0.25) is 0 Å². The zero-order valence-corrected chi connectivity index (χ0v) is 15.7. The fourth-order valence-electron chi connectivity index (χ4n) is 3.41. The number of rotatable bonds is 5. The van der Waals surface area contributed by atoms with Gasteiger partial charge in [-0.25, -0.2) is 13.1 Å². The normalized spacial score (nSPS) is 24.8. The molecule has 0 aromatic heterocycles. The Kier molecular flexibility index (Phi) is 5.50. The Morgan fingerprint density at radius 1 is 1.16 bits per heavy atom. The summed E-state index contributed by atoms with van der Waals surface area (Å²) in [5.74, 6) is -0.0776. The van der Waals surface area contributed by atoms with Gasteiger partial charge in [-0.05, 0) is 37.0 Å². The van der Waals surface area contributed by atoms with Gasteiger partial charge in [0.1, 0.15) is 0 Å². The maximum Gasteiger partial charge on any atom is 0.289 e. The van der Waals surface area contributed by atoms with Crippen LogP contribution in [-0.4, -0.2) is 42.3 Å². The molecule has 1 heterocycles. The topological polar surface area (TPSA) is 83.6 Å². The highest BCUT2D eigenvalue weighted by molar-refractivity contribution is 8.14. The average Bonchev–Trinajstić information content (AvgIpc) is 2.94. The molecule has 25 heavy (non-hydrogen) atoms. The van der Waals surface area contributed by atoms with Crippen LogP contribution in [-0.2, 0) is 21.2 Å². The van der Waals surface area contributed by atoms with Gasteiger partial charge in [0, 0.05) is 6.04 Å². The number of carbonyl (C=O) groups is 2. The van der Waals surface area contributed by atoms with Crippen molar-refractivity contribution >= 4 is 32.9 Å². The fourth-order valence-corrected chi connectivity index (χ4v) is 5.48. The van der Waals surface area contributed by atoms with Crippen molar-refractivity contribution in [2.45, 2.75) is 56.0 Å². The number of amides is 2. The minimum Gasteiger partial charge on any atom is -0.273 e. The highest BCUT2D eigenvalue weighted by Gasteiger charge is 2.41. The second-order valence-corrected chi connectivity index (χ2v) is 9.04. The van der Waals surface area contributed by atoms with Crippen LogP contribution in [0.15, 0.2) is 29.2 Å². The van der Waals surface area contributed by atoms with E-state index in [1.54, 1.807) is 24.3 Å². The molecular weight excluding hydrogens is 360 g/mol. The number of hydrogen-bond acceptors (Lipinski definition) is 5. The van der Waals surface area contributed by atoms with Gasteiger partial charge in [-0.2, -0.15) is 0 Å². The number of aryl methyl sites for hydroxylation is 1. The van der Waals surface area contributed by atoms with Crippen molar-refractivity contribution in [1.29, 1.82) is 0 Å². The summed E-state index contributed by atoms with van der Waals surface area (Å²) in [6.45, 7) is 2.01. The summed E-state index contributed by atoms with van der Waals surface area (Å²) in [5.41, 5.74) is 1.07. The predicted octanol–water partition coefficient (Wildman–Crippen LogP) is 2.53. The minimum absolute atomic E-state index is 0.146. The van der Waals surface area contributed by atoms with Crippen molar-refractivity contribution in [3.05, 3.63) is 29.8 Å². The summed E-state index contributed by atoms with van der Waals surface area (Å²) >= 11 is 0.988. The van der Waals surface area contributed by atoms with Crippen LogP contribution in [0.5, 0.6) is 0 Å². The molecule has 8 heteroatoms. The van der Waals surface area contributed by atoms with Gasteiger partial charge in [0.05, 0.1) is 16.7 Å². The van der Waals surface area contributed by atoms with Crippen LogP contribution < -0.4 is 4.72 Å². The molecule has 136 valence electrons. The first-order valence-electron chi connectivity index (χ1n) is 8.52. The molecule has 1 saturated carbocycles. The van der Waals surface area contributed by atoms with Crippen LogP contribution in [0.4, 0.5) is 4.79 Å². The first kappa shape index (κ1) is 18.4. The summed E-state index contributed by atoms with van der Waals surface area (Å²) in [6, 6.07) is 5.97. The van der Waals surface area contributed by atoms with E-state index < -0.39 is 22.1 Å². The number of imide groups is 1. The molecule has 1 aromatic rings. The van der Waals surface area contributed by atoms with Gasteiger partial charge in [0.15, 0.2) is 0 Å². The summed E-state index contributed by atoms with van der Waals surface area (Å²) in [4.78, 5) is 25.5. The summed E-state index contributed by atoms with van der Waals surface area (Å²) in [6.07, 6.45) is 3.87. The second kappa shape index (κ2) is 7.47. The Hall–Kier alpha value is -1.38. The lowest BCUT2D eigenvalue weighted by atomic mass is 9.90. The molecule has 0 spiro atoms. The number of sulfonamides is 1. The van der Waals surface area contributed by atoms with Gasteiger partial charge in [0.2, 0.25) is 15.9 Å². The molecule has 0 unspecified atom stereocenters. The third-order valence-electron chi connectivity index (χ3n) is 4.79. The van der Waals surface area contributed by atoms with Crippen molar-refractivity contribution in [3.8, 4) is 0 Å². The summed E-state index contributed by atoms with van der Waals surface area (Å²) in [5, 5.41) is -0.270. The van der Waals surface area contributed by atoms with E-state index in [0.29, 0.717) is 12.8 Å². The van der Waals surface area contributed by atoms with Gasteiger partial charge in [-0.1, -0.05) is 43.7 Å². The fraction of sp³-hybridized carbons (Fsp3) is 0.529. The molecule has 1 aromatic carbocycles. The van der Waals surface area contributed by atoms with Gasteiger partial charge in [-0.3, -0.25) is 14.5 Å². The molecule has 1 N–H and O–H groups in total. The van der Waals surface area contributed by atoms with E-state index in [0.717, 1.165) is 36.6 Å². The van der Waals surface area contributed by atoms with E-state index in [1.807, 2.05) is 6.92 Å². The summed E-state index contributed by atoms with van der Waals surface area (Å²) in [7, 11) is -3.69. The molecule has 3 rings (SSSR count). The average molecular weight is 383 g/mol. The molecule has 1 aliphatic heterocycles. The number of nitrogens with one attached hydrogen (secondary N) is 1. The minimum atomic E-state index is -3.69. The van der Waals surface area contributed by atoms with E-state index in [1.165, 1.54) is 4.90 Å². The van der Waals surface area contributed by atoms with Crippen LogP contribution in [0, 0.1) is 0 Å². The van der Waals surface area contributed by atoms with Crippen molar-refractivity contribution in [2.24, 2.45) is 0 Å². The number of nitrogens with zero attached hydrogens (tertiary/aromatic N) is 1. The Morgan fingerprint density at radius 2 is 1.84 bits per heavy atom. The molecule has 1 saturated heterocycles. The van der Waals surface area contributed by atoms with Crippen molar-refractivity contribution in [3.63, 3.8) is 0 Å². The molecule has 2 fully saturated rings. The molecule has 1 aliphatic carbocycles. The molecule has 2 aliphatic rings. The zero-order chi connectivity index (χ0) is 18.0. The highest BCUT2D eigenvalue weighted by atomic mass is 32.2. The molecule has 2 atom stereocenters. The van der Waals surface area contributed by atoms with E-state index in [9.17, 15) is 18.0 Å². The van der Waals surface area contributed by atoms with Crippen molar-refractivity contribution in [1.82, 2.24) is 9.62 Å². The van der Waals surface area contributed by atoms with Gasteiger partial charge >= 0.3 is 0 Å². The Balaban J connectivity index is 1.80. The molecular formula is C17H22N2O4S2. The standard InChI is InChI=1S/C17H22N2O4S2/c1-2-12-7-9-13(10-8-12)25(22,23)18-14-5-3-4-6-15(14)19-16(20)11-24-17(19)21/h7-10,14-15,18H,2-6,11H2,1H3/t14-,15+/m1/s1. The van der Waals surface area contributed by atoms with Gasteiger partial charge in [0.25, 0.3) is 5.24 Å². The number of carbonyl (C=O) groups excluding carboxylic acids is 2. The maximum atomic E-state index is 12.7. The lowest BCUT2D eigenvalue weighted by Crippen LogP contribution is -2.54. The van der Waals surface area contributed by atoms with E-state index in [2.05, 4.69) is 4.72 Å². The first-order valence-corrected chi connectivity index (χ1v) is 11.0. The lowest BCUT2D eigenvalue weighted by molar-refractivity contribution is -0.127. The first-order chi connectivity index (χ1) is 11.9. The lowest BCUT2D eigenvalue weighted by Gasteiger charge is -2.36. The Labute approximate surface area is 152 Å². The zero-order valence-electron chi connectivity index (χ0n) is 14.1. The Morgan fingerprint density at radius 3 is 2.44 bits per heavy atom. The molecule has 0 radical (unpaired) electrons. The SMILES string of the molecule is CCc1ccc(S(=O)(=O)N[C@@H]2CCCC[C@@H]2N2C(=O)CSC2=O)cc1. The highest BCUT2D eigenvalue weighted by Crippen LogP contribution is 2.30. The van der Waals surface area contributed by atoms with Crippen molar-refractivity contribution < 1.29 is 18.0 Å². The Bertz CT molecular complexity index is 745. The number of thioether (sulfide) groups is 1. The molecule has 6 nitrogen and oxygen atoms in total. The third kappa shape index (κ3) is 3.91. The van der Waals surface area contributed by atoms with E-state index >= 15 is 0 Å². The van der Waals surface area contributed by atoms with E-state index in [4.69, 9.17) is 0 Å². The van der Waals surface area contributed by atoms with Crippen molar-refractivity contribution in [2.75, 3.05) is 5.75 Å².